The Bertz CT molecular complexity index is 1030. The highest BCUT2D eigenvalue weighted by atomic mass is 19.4. The number of hydrogen-bond acceptors (Lipinski definition) is 4. The van der Waals surface area contributed by atoms with Crippen LogP contribution in [0.4, 0.5) is 13.2 Å². The van der Waals surface area contributed by atoms with Crippen LogP contribution < -0.4 is 4.74 Å². The van der Waals surface area contributed by atoms with Crippen molar-refractivity contribution in [1.29, 1.82) is 0 Å². The lowest BCUT2D eigenvalue weighted by Gasteiger charge is -2.14. The molecular weight excluding hydrogens is 419 g/mol. The molecule has 4 rings (SSSR count). The summed E-state index contributed by atoms with van der Waals surface area (Å²) >= 11 is 0. The van der Waals surface area contributed by atoms with Crippen molar-refractivity contribution in [1.82, 2.24) is 24.9 Å². The number of halogens is 3. The molecule has 2 aromatic heterocycles. The van der Waals surface area contributed by atoms with Crippen molar-refractivity contribution in [2.75, 3.05) is 19.7 Å². The highest BCUT2D eigenvalue weighted by molar-refractivity contribution is 5.29. The second kappa shape index (κ2) is 9.36. The molecule has 0 radical (unpaired) electrons. The number of aromatic amines is 1. The predicted octanol–water partition coefficient (Wildman–Crippen LogP) is 4.56. The molecule has 0 saturated carbocycles. The number of nitrogens with one attached hydrogen (secondary N) is 1. The molecule has 6 nitrogen and oxygen atoms in total. The number of hydrogen-bond donors (Lipinski definition) is 1. The third-order valence-corrected chi connectivity index (χ3v) is 5.93. The molecule has 172 valence electrons. The van der Waals surface area contributed by atoms with E-state index in [0.717, 1.165) is 61.8 Å². The van der Waals surface area contributed by atoms with Crippen LogP contribution in [0.2, 0.25) is 0 Å². The molecule has 1 aliphatic rings. The topological polar surface area (TPSA) is 59.0 Å². The van der Waals surface area contributed by atoms with E-state index in [1.54, 1.807) is 0 Å². The van der Waals surface area contributed by atoms with Gasteiger partial charge in [0.1, 0.15) is 5.75 Å². The van der Waals surface area contributed by atoms with E-state index in [1.165, 1.54) is 17.7 Å². The van der Waals surface area contributed by atoms with Gasteiger partial charge in [-0.25, -0.2) is 0 Å². The smallest absolute Gasteiger partial charge is 0.416 e. The molecule has 0 amide bonds. The Balaban J connectivity index is 1.25. The van der Waals surface area contributed by atoms with Gasteiger partial charge in [0.05, 0.1) is 23.6 Å². The standard InChI is InChI=1S/C23H28F3N5O/c1-3-31-15-18(16(2)29-31)14-30-10-8-17(13-30)22-12-20(27-28-22)9-11-32-21-6-4-19(5-7-21)23(24,25)26/h4-7,12,15,17H,3,8-11,13-14H2,1-2H3,(H,27,28)/t17-/m0/s1. The number of likely N-dealkylation sites (tertiary alicyclic amines) is 1. The summed E-state index contributed by atoms with van der Waals surface area (Å²) in [4.78, 5) is 2.44. The first-order valence-corrected chi connectivity index (χ1v) is 10.9. The van der Waals surface area contributed by atoms with Gasteiger partial charge in [-0.2, -0.15) is 23.4 Å². The molecule has 32 heavy (non-hydrogen) atoms. The fraction of sp³-hybridized carbons (Fsp3) is 0.478. The lowest BCUT2D eigenvalue weighted by molar-refractivity contribution is -0.137. The summed E-state index contributed by atoms with van der Waals surface area (Å²) in [5.41, 5.74) is 3.70. The summed E-state index contributed by atoms with van der Waals surface area (Å²) in [5.74, 6) is 0.809. The average molecular weight is 448 g/mol. The molecule has 0 aliphatic carbocycles. The molecule has 0 unspecified atom stereocenters. The molecule has 1 N–H and O–H groups in total. The number of benzene rings is 1. The summed E-state index contributed by atoms with van der Waals surface area (Å²) in [7, 11) is 0. The molecule has 1 aliphatic heterocycles. The SMILES string of the molecule is CCn1cc(CN2CC[C@H](c3cc(CCOc4ccc(C(F)(F)F)cc4)[nH]n3)C2)c(C)n1. The van der Waals surface area contributed by atoms with Crippen LogP contribution in [0.25, 0.3) is 0 Å². The molecule has 3 aromatic rings. The lowest BCUT2D eigenvalue weighted by Crippen LogP contribution is -2.20. The van der Waals surface area contributed by atoms with Gasteiger partial charge in [0.15, 0.2) is 0 Å². The molecule has 0 spiro atoms. The van der Waals surface area contributed by atoms with E-state index in [1.807, 2.05) is 4.68 Å². The van der Waals surface area contributed by atoms with Gasteiger partial charge < -0.3 is 4.74 Å². The van der Waals surface area contributed by atoms with Crippen LogP contribution in [0.1, 0.15) is 47.5 Å². The first-order chi connectivity index (χ1) is 15.3. The Labute approximate surface area is 185 Å². The molecule has 1 atom stereocenters. The van der Waals surface area contributed by atoms with Gasteiger partial charge in [-0.05, 0) is 57.1 Å². The minimum absolute atomic E-state index is 0.366. The highest BCUT2D eigenvalue weighted by Gasteiger charge is 2.30. The minimum Gasteiger partial charge on any atom is -0.493 e. The quantitative estimate of drug-likeness (QED) is 0.550. The average Bonchev–Trinajstić information content (AvgIpc) is 3.49. The van der Waals surface area contributed by atoms with E-state index in [4.69, 9.17) is 4.74 Å². The maximum Gasteiger partial charge on any atom is 0.416 e. The van der Waals surface area contributed by atoms with E-state index in [0.29, 0.717) is 24.7 Å². The van der Waals surface area contributed by atoms with Gasteiger partial charge in [-0.3, -0.25) is 14.7 Å². The van der Waals surface area contributed by atoms with Crippen LogP contribution in [0.5, 0.6) is 5.75 Å². The molecule has 0 bridgehead atoms. The maximum atomic E-state index is 12.6. The van der Waals surface area contributed by atoms with E-state index >= 15 is 0 Å². The van der Waals surface area contributed by atoms with Crippen LogP contribution in [-0.4, -0.2) is 44.6 Å². The number of ether oxygens (including phenoxy) is 1. The van der Waals surface area contributed by atoms with Crippen molar-refractivity contribution >= 4 is 0 Å². The van der Waals surface area contributed by atoms with E-state index in [2.05, 4.69) is 46.3 Å². The lowest BCUT2D eigenvalue weighted by atomic mass is 10.0. The minimum atomic E-state index is -4.34. The first-order valence-electron chi connectivity index (χ1n) is 10.9. The molecule has 9 heteroatoms. The van der Waals surface area contributed by atoms with Crippen molar-refractivity contribution in [2.24, 2.45) is 0 Å². The van der Waals surface area contributed by atoms with Crippen LogP contribution >= 0.6 is 0 Å². The van der Waals surface area contributed by atoms with Crippen molar-refractivity contribution in [2.45, 2.75) is 51.9 Å². The third-order valence-electron chi connectivity index (χ3n) is 5.93. The molecular formula is C23H28F3N5O. The first kappa shape index (κ1) is 22.4. The van der Waals surface area contributed by atoms with Gasteiger partial charge in [-0.1, -0.05) is 0 Å². The van der Waals surface area contributed by atoms with Crippen LogP contribution in [0.3, 0.4) is 0 Å². The number of alkyl halides is 3. The van der Waals surface area contributed by atoms with Crippen LogP contribution in [0, 0.1) is 6.92 Å². The monoisotopic (exact) mass is 447 g/mol. The molecule has 3 heterocycles. The van der Waals surface area contributed by atoms with Crippen molar-refractivity contribution in [3.8, 4) is 5.75 Å². The van der Waals surface area contributed by atoms with Gasteiger partial charge >= 0.3 is 6.18 Å². The second-order valence-electron chi connectivity index (χ2n) is 8.25. The molecule has 1 aromatic carbocycles. The zero-order chi connectivity index (χ0) is 22.7. The Morgan fingerprint density at radius 2 is 2.00 bits per heavy atom. The van der Waals surface area contributed by atoms with E-state index < -0.39 is 11.7 Å². The predicted molar refractivity (Wildman–Crippen MR) is 115 cm³/mol. The number of aromatic nitrogens is 4. The normalized spacial score (nSPS) is 17.2. The summed E-state index contributed by atoms with van der Waals surface area (Å²) < 4.78 is 45.5. The fourth-order valence-electron chi connectivity index (χ4n) is 4.07. The third kappa shape index (κ3) is 5.32. The zero-order valence-electron chi connectivity index (χ0n) is 18.3. The zero-order valence-corrected chi connectivity index (χ0v) is 18.3. The van der Waals surface area contributed by atoms with Crippen LogP contribution in [-0.2, 0) is 25.7 Å². The number of aryl methyl sites for hydroxylation is 2. The van der Waals surface area contributed by atoms with Crippen molar-refractivity contribution in [3.63, 3.8) is 0 Å². The number of rotatable bonds is 8. The summed E-state index contributed by atoms with van der Waals surface area (Å²) in [5, 5.41) is 12.1. The van der Waals surface area contributed by atoms with Gasteiger partial charge in [0.2, 0.25) is 0 Å². The largest absolute Gasteiger partial charge is 0.493 e. The van der Waals surface area contributed by atoms with E-state index in [9.17, 15) is 13.2 Å². The Kier molecular flexibility index (Phi) is 6.55. The van der Waals surface area contributed by atoms with Crippen LogP contribution in [0.15, 0.2) is 36.5 Å². The molecule has 1 saturated heterocycles. The molecule has 1 fully saturated rings. The highest BCUT2D eigenvalue weighted by Crippen LogP contribution is 2.30. The van der Waals surface area contributed by atoms with Gasteiger partial charge in [-0.15, -0.1) is 0 Å². The summed E-state index contributed by atoms with van der Waals surface area (Å²) in [6.07, 6.45) is -0.532. The van der Waals surface area contributed by atoms with E-state index in [-0.39, 0.29) is 0 Å². The number of H-pyrrole nitrogens is 1. The Morgan fingerprint density at radius 1 is 1.22 bits per heavy atom. The van der Waals surface area contributed by atoms with Gasteiger partial charge in [0, 0.05) is 49.4 Å². The van der Waals surface area contributed by atoms with Crippen molar-refractivity contribution in [3.05, 3.63) is 64.7 Å². The second-order valence-corrected chi connectivity index (χ2v) is 8.25. The van der Waals surface area contributed by atoms with Crippen molar-refractivity contribution < 1.29 is 17.9 Å². The Morgan fingerprint density at radius 3 is 2.69 bits per heavy atom. The summed E-state index contributed by atoms with van der Waals surface area (Å²) in [6.45, 7) is 8.28. The maximum absolute atomic E-state index is 12.6. The summed E-state index contributed by atoms with van der Waals surface area (Å²) in [6, 6.07) is 6.83. The Hall–Kier alpha value is -2.81. The van der Waals surface area contributed by atoms with Gasteiger partial charge in [0.25, 0.3) is 0 Å². The number of nitrogens with zero attached hydrogens (tertiary/aromatic N) is 4. The fourth-order valence-corrected chi connectivity index (χ4v) is 4.07.